The van der Waals surface area contributed by atoms with Crippen LogP contribution in [0.1, 0.15) is 58.4 Å². The quantitative estimate of drug-likeness (QED) is 0.0656. The van der Waals surface area contributed by atoms with E-state index in [0.717, 1.165) is 41.5 Å². The van der Waals surface area contributed by atoms with Crippen LogP contribution in [0.5, 0.6) is 0 Å². The molecule has 1 aliphatic carbocycles. The van der Waals surface area contributed by atoms with Gasteiger partial charge < -0.3 is 27.3 Å². The minimum absolute atomic E-state index is 0.0382. The molecule has 0 bridgehead atoms. The largest absolute Gasteiger partial charge is 0.427 e. The molecule has 232 valence electrons. The highest BCUT2D eigenvalue weighted by Crippen LogP contribution is 2.33. The van der Waals surface area contributed by atoms with Gasteiger partial charge in [0.25, 0.3) is 5.91 Å². The highest BCUT2D eigenvalue weighted by molar-refractivity contribution is 6.33. The van der Waals surface area contributed by atoms with Crippen LogP contribution in [0.25, 0.3) is 11.1 Å². The second kappa shape index (κ2) is 14.1. The minimum atomic E-state index is -0.367. The van der Waals surface area contributed by atoms with E-state index in [9.17, 15) is 14.8 Å². The summed E-state index contributed by atoms with van der Waals surface area (Å²) >= 11 is 6.86. The third-order valence-electron chi connectivity index (χ3n) is 7.78. The Morgan fingerprint density at radius 3 is 2.29 bits per heavy atom. The molecule has 1 aliphatic rings. The molecule has 1 fully saturated rings. The van der Waals surface area contributed by atoms with Crippen molar-refractivity contribution in [1.29, 1.82) is 5.41 Å². The Bertz CT molecular complexity index is 1780. The first-order chi connectivity index (χ1) is 21.7. The Kier molecular flexibility index (Phi) is 9.84. The number of carbonyl (C=O) groups excluding carboxylic acids is 2. The maximum atomic E-state index is 13.3. The number of rotatable bonds is 10. The van der Waals surface area contributed by atoms with E-state index in [1.54, 1.807) is 48.5 Å². The average Bonchev–Trinajstić information content (AvgIpc) is 3.55. The van der Waals surface area contributed by atoms with Crippen molar-refractivity contribution in [2.45, 2.75) is 51.2 Å². The molecule has 11 heteroatoms. The summed E-state index contributed by atoms with van der Waals surface area (Å²) in [7, 11) is 0. The molecule has 45 heavy (non-hydrogen) atoms. The maximum absolute atomic E-state index is 13.3. The Morgan fingerprint density at radius 1 is 0.933 bits per heavy atom. The number of benzene rings is 3. The molecule has 0 saturated heterocycles. The zero-order valence-electron chi connectivity index (χ0n) is 24.7. The van der Waals surface area contributed by atoms with Crippen molar-refractivity contribution >= 4 is 34.9 Å². The van der Waals surface area contributed by atoms with Crippen LogP contribution in [0.3, 0.4) is 0 Å². The van der Waals surface area contributed by atoms with E-state index in [2.05, 4.69) is 10.6 Å². The summed E-state index contributed by atoms with van der Waals surface area (Å²) < 4.78 is 0.916. The molecular weight excluding hydrogens is 590 g/mol. The monoisotopic (exact) mass is 625 g/mol. The van der Waals surface area contributed by atoms with Crippen LogP contribution in [-0.4, -0.2) is 33.6 Å². The van der Waals surface area contributed by atoms with Gasteiger partial charge in [-0.05, 0) is 47.7 Å². The van der Waals surface area contributed by atoms with E-state index in [1.807, 2.05) is 30.3 Å². The predicted molar refractivity (Wildman–Crippen MR) is 175 cm³/mol. The number of amidine groups is 1. The molecule has 2 amide bonds. The van der Waals surface area contributed by atoms with Crippen molar-refractivity contribution in [3.05, 3.63) is 117 Å². The Labute approximate surface area is 266 Å². The summed E-state index contributed by atoms with van der Waals surface area (Å²) in [5, 5.41) is 25.0. The Balaban J connectivity index is 1.46. The molecule has 8 N–H and O–H groups in total. The van der Waals surface area contributed by atoms with E-state index >= 15 is 0 Å². The number of nitrogen functional groups attached to an aromatic ring is 2. The van der Waals surface area contributed by atoms with Crippen molar-refractivity contribution < 1.29 is 14.8 Å². The first-order valence-corrected chi connectivity index (χ1v) is 15.2. The lowest BCUT2D eigenvalue weighted by molar-refractivity contribution is -0.120. The van der Waals surface area contributed by atoms with Gasteiger partial charge in [-0.2, -0.15) is 4.73 Å². The van der Waals surface area contributed by atoms with Crippen LogP contribution in [0, 0.1) is 5.41 Å². The summed E-state index contributed by atoms with van der Waals surface area (Å²) in [5.41, 5.74) is 16.1. The van der Waals surface area contributed by atoms with E-state index < -0.39 is 0 Å². The molecule has 10 nitrogen and oxygen atoms in total. The van der Waals surface area contributed by atoms with Crippen molar-refractivity contribution in [3.8, 4) is 11.1 Å². The highest BCUT2D eigenvalue weighted by atomic mass is 35.5. The number of nitrogens with zero attached hydrogens (tertiary/aromatic N) is 2. The van der Waals surface area contributed by atoms with Gasteiger partial charge in [-0.1, -0.05) is 79.0 Å². The first kappa shape index (κ1) is 31.3. The second-order valence-electron chi connectivity index (χ2n) is 11.1. The van der Waals surface area contributed by atoms with Gasteiger partial charge >= 0.3 is 0 Å². The molecule has 0 aliphatic heterocycles. The minimum Gasteiger partial charge on any atom is -0.427 e. The molecule has 0 radical (unpaired) electrons. The average molecular weight is 626 g/mol. The molecule has 1 saturated carbocycles. The third-order valence-corrected chi connectivity index (χ3v) is 8.08. The molecular formula is C34H36ClN7O3. The Morgan fingerprint density at radius 2 is 1.60 bits per heavy atom. The van der Waals surface area contributed by atoms with Crippen LogP contribution in [0.2, 0.25) is 5.02 Å². The summed E-state index contributed by atoms with van der Waals surface area (Å²) in [5.74, 6) is -0.736. The number of halogens is 1. The fourth-order valence-corrected chi connectivity index (χ4v) is 5.75. The SMILES string of the molecule is N=C(N)c1ccc(CNC(=O)Cc2c(-c3cc(N)cc(C(=O)NCc4ccccc4)c3)c(Cl)cc(=NC3CCCC3)n2O)cc1. The first-order valence-electron chi connectivity index (χ1n) is 14.8. The van der Waals surface area contributed by atoms with E-state index in [0.29, 0.717) is 34.5 Å². The van der Waals surface area contributed by atoms with Gasteiger partial charge in [0.05, 0.1) is 23.2 Å². The summed E-state index contributed by atoms with van der Waals surface area (Å²) in [6.45, 7) is 0.559. The van der Waals surface area contributed by atoms with Crippen molar-refractivity contribution in [3.63, 3.8) is 0 Å². The van der Waals surface area contributed by atoms with Crippen LogP contribution < -0.4 is 27.6 Å². The molecule has 5 rings (SSSR count). The lowest BCUT2D eigenvalue weighted by Gasteiger charge is -2.18. The fraction of sp³-hybridized carbons (Fsp3) is 0.235. The highest BCUT2D eigenvalue weighted by Gasteiger charge is 2.22. The summed E-state index contributed by atoms with van der Waals surface area (Å²) in [6, 6.07) is 23.0. The number of anilines is 1. The van der Waals surface area contributed by atoms with Gasteiger partial charge in [-0.3, -0.25) is 20.0 Å². The van der Waals surface area contributed by atoms with Crippen molar-refractivity contribution in [1.82, 2.24) is 15.4 Å². The number of hydrogen-bond acceptors (Lipinski definition) is 6. The third kappa shape index (κ3) is 7.90. The number of carbonyl (C=O) groups is 2. The molecule has 0 unspecified atom stereocenters. The zero-order chi connectivity index (χ0) is 31.9. The van der Waals surface area contributed by atoms with Crippen LogP contribution in [0.4, 0.5) is 5.69 Å². The number of hydrogen-bond donors (Lipinski definition) is 6. The predicted octanol–water partition coefficient (Wildman–Crippen LogP) is 4.54. The number of nitrogens with two attached hydrogens (primary N) is 2. The van der Waals surface area contributed by atoms with Gasteiger partial charge in [0.15, 0.2) is 5.49 Å². The van der Waals surface area contributed by atoms with Gasteiger partial charge in [0.1, 0.15) is 5.84 Å². The number of nitrogens with one attached hydrogen (secondary N) is 3. The van der Waals surface area contributed by atoms with Gasteiger partial charge in [-0.25, -0.2) is 0 Å². The van der Waals surface area contributed by atoms with Crippen LogP contribution in [-0.2, 0) is 24.3 Å². The number of pyridine rings is 1. The molecule has 1 aromatic heterocycles. The maximum Gasteiger partial charge on any atom is 0.251 e. The van der Waals surface area contributed by atoms with E-state index in [1.165, 1.54) is 0 Å². The van der Waals surface area contributed by atoms with Gasteiger partial charge in [0, 0.05) is 41.5 Å². The summed E-state index contributed by atoms with van der Waals surface area (Å²) in [4.78, 5) is 31.1. The lowest BCUT2D eigenvalue weighted by atomic mass is 9.98. The zero-order valence-corrected chi connectivity index (χ0v) is 25.5. The number of aromatic nitrogens is 1. The lowest BCUT2D eigenvalue weighted by Crippen LogP contribution is -2.30. The van der Waals surface area contributed by atoms with Gasteiger partial charge in [-0.15, -0.1) is 0 Å². The van der Waals surface area contributed by atoms with Crippen molar-refractivity contribution in [2.75, 3.05) is 5.73 Å². The fourth-order valence-electron chi connectivity index (χ4n) is 5.43. The second-order valence-corrected chi connectivity index (χ2v) is 11.5. The van der Waals surface area contributed by atoms with E-state index in [4.69, 9.17) is 33.5 Å². The van der Waals surface area contributed by atoms with Crippen molar-refractivity contribution in [2.24, 2.45) is 10.7 Å². The van der Waals surface area contributed by atoms with Gasteiger partial charge in [0.2, 0.25) is 5.91 Å². The topological polar surface area (TPSA) is 172 Å². The smallest absolute Gasteiger partial charge is 0.251 e. The summed E-state index contributed by atoms with van der Waals surface area (Å²) in [6.07, 6.45) is 3.72. The molecule has 4 aromatic rings. The normalized spacial score (nSPS) is 13.5. The van der Waals surface area contributed by atoms with Crippen LogP contribution in [0.15, 0.2) is 83.9 Å². The number of amides is 2. The molecule has 3 aromatic carbocycles. The molecule has 1 heterocycles. The molecule has 0 spiro atoms. The molecule has 0 atom stereocenters. The Hall–Kier alpha value is -5.09. The van der Waals surface area contributed by atoms with Crippen LogP contribution >= 0.6 is 11.6 Å². The standard InChI is InChI=1S/C34H36ClN7O3/c35-28-17-30(41-27-8-4-5-9-27)42(45)29(18-31(43)39-19-22-10-12-23(13-11-22)33(37)38)32(28)24-14-25(16-26(36)15-24)34(44)40-20-21-6-2-1-3-7-21/h1-3,6-7,10-17,27,45H,4-5,8-9,18-20,36H2,(H3,37,38)(H,39,43)(H,40,44). The van der Waals surface area contributed by atoms with E-state index in [-0.39, 0.29) is 52.9 Å².